The predicted molar refractivity (Wildman–Crippen MR) is 49.5 cm³/mol. The number of aliphatic carboxylic acids is 1. The van der Waals surface area contributed by atoms with E-state index in [1.807, 2.05) is 0 Å². The van der Waals surface area contributed by atoms with Crippen molar-refractivity contribution < 1.29 is 14.7 Å². The first-order valence-corrected chi connectivity index (χ1v) is 5.09. The molecule has 5 nitrogen and oxygen atoms in total. The van der Waals surface area contributed by atoms with Crippen molar-refractivity contribution in [3.63, 3.8) is 0 Å². The third-order valence-corrected chi connectivity index (χ3v) is 2.91. The van der Waals surface area contributed by atoms with Crippen LogP contribution in [0.3, 0.4) is 0 Å². The second-order valence-electron chi connectivity index (χ2n) is 2.87. The highest BCUT2D eigenvalue weighted by Gasteiger charge is 2.29. The first-order valence-electron chi connectivity index (χ1n) is 3.94. The van der Waals surface area contributed by atoms with Crippen LogP contribution in [0.5, 0.6) is 0 Å². The summed E-state index contributed by atoms with van der Waals surface area (Å²) in [7, 11) is 0. The molecular formula is C7H12N2O3S. The van der Waals surface area contributed by atoms with Gasteiger partial charge >= 0.3 is 5.97 Å². The minimum Gasteiger partial charge on any atom is -0.480 e. The van der Waals surface area contributed by atoms with Crippen molar-refractivity contribution in [2.75, 3.05) is 24.6 Å². The quantitative estimate of drug-likeness (QED) is 0.614. The van der Waals surface area contributed by atoms with Gasteiger partial charge in [0.25, 0.3) is 0 Å². The van der Waals surface area contributed by atoms with E-state index in [0.717, 1.165) is 5.75 Å². The summed E-state index contributed by atoms with van der Waals surface area (Å²) >= 11 is 1.59. The Balaban J connectivity index is 2.56. The smallest absolute Gasteiger partial charge is 0.321 e. The van der Waals surface area contributed by atoms with Crippen LogP contribution in [0, 0.1) is 0 Å². The van der Waals surface area contributed by atoms with Crippen molar-refractivity contribution in [3.8, 4) is 0 Å². The number of nitrogens with two attached hydrogens (primary N) is 1. The number of carbonyl (C=O) groups excluding carboxylic acids is 1. The van der Waals surface area contributed by atoms with Crippen molar-refractivity contribution in [2.45, 2.75) is 6.04 Å². The molecular weight excluding hydrogens is 192 g/mol. The molecule has 1 rings (SSSR count). The van der Waals surface area contributed by atoms with E-state index >= 15 is 0 Å². The van der Waals surface area contributed by atoms with E-state index in [9.17, 15) is 9.59 Å². The van der Waals surface area contributed by atoms with E-state index in [0.29, 0.717) is 12.3 Å². The van der Waals surface area contributed by atoms with Crippen LogP contribution in [0.15, 0.2) is 0 Å². The van der Waals surface area contributed by atoms with Crippen LogP contribution in [0.1, 0.15) is 0 Å². The molecule has 0 saturated carbocycles. The Morgan fingerprint density at radius 1 is 1.62 bits per heavy atom. The Kier molecular flexibility index (Phi) is 3.56. The van der Waals surface area contributed by atoms with Gasteiger partial charge in [0.05, 0.1) is 6.54 Å². The fourth-order valence-electron chi connectivity index (χ4n) is 1.25. The number of carboxylic acids is 1. The van der Waals surface area contributed by atoms with E-state index in [-0.39, 0.29) is 6.54 Å². The summed E-state index contributed by atoms with van der Waals surface area (Å²) in [6.45, 7) is 0.655. The maximum atomic E-state index is 10.7. The van der Waals surface area contributed by atoms with Crippen LogP contribution in [-0.2, 0) is 9.59 Å². The Hall–Kier alpha value is -0.750. The molecule has 3 N–H and O–H groups in total. The lowest BCUT2D eigenvalue weighted by Gasteiger charge is -2.31. The van der Waals surface area contributed by atoms with Crippen molar-refractivity contribution in [1.82, 2.24) is 4.90 Å². The Labute approximate surface area is 80.3 Å². The summed E-state index contributed by atoms with van der Waals surface area (Å²) in [5.74, 6) is 0.0336. The van der Waals surface area contributed by atoms with E-state index in [2.05, 4.69) is 0 Å². The van der Waals surface area contributed by atoms with Gasteiger partial charge in [-0.2, -0.15) is 11.8 Å². The third kappa shape index (κ3) is 2.89. The molecule has 0 aromatic carbocycles. The van der Waals surface area contributed by atoms with Gasteiger partial charge in [0, 0.05) is 18.1 Å². The minimum absolute atomic E-state index is 0.0392. The molecule has 0 radical (unpaired) electrons. The van der Waals surface area contributed by atoms with Gasteiger partial charge in [-0.05, 0) is 0 Å². The molecule has 1 amide bonds. The molecule has 0 spiro atoms. The summed E-state index contributed by atoms with van der Waals surface area (Å²) in [5.41, 5.74) is 5.01. The first-order chi connectivity index (χ1) is 6.11. The molecule has 74 valence electrons. The van der Waals surface area contributed by atoms with Gasteiger partial charge < -0.3 is 10.8 Å². The van der Waals surface area contributed by atoms with Crippen LogP contribution in [0.25, 0.3) is 0 Å². The molecule has 6 heteroatoms. The number of hydrogen-bond acceptors (Lipinski definition) is 4. The summed E-state index contributed by atoms with van der Waals surface area (Å²) in [4.78, 5) is 23.0. The van der Waals surface area contributed by atoms with Crippen LogP contribution in [0.2, 0.25) is 0 Å². The molecule has 1 atom stereocenters. The van der Waals surface area contributed by atoms with E-state index in [4.69, 9.17) is 10.8 Å². The minimum atomic E-state index is -0.881. The van der Waals surface area contributed by atoms with Gasteiger partial charge in [-0.3, -0.25) is 14.5 Å². The van der Waals surface area contributed by atoms with Crippen molar-refractivity contribution in [3.05, 3.63) is 0 Å². The predicted octanol–water partition coefficient (Wildman–Crippen LogP) is -1.03. The monoisotopic (exact) mass is 204 g/mol. The molecule has 0 aliphatic carbocycles. The molecule has 1 heterocycles. The van der Waals surface area contributed by atoms with Gasteiger partial charge in [0.1, 0.15) is 6.04 Å². The van der Waals surface area contributed by atoms with E-state index in [1.54, 1.807) is 16.7 Å². The number of carbonyl (C=O) groups is 2. The number of thioether (sulfide) groups is 1. The summed E-state index contributed by atoms with van der Waals surface area (Å²) in [5, 5.41) is 8.81. The lowest BCUT2D eigenvalue weighted by atomic mass is 10.2. The third-order valence-electron chi connectivity index (χ3n) is 1.88. The average molecular weight is 204 g/mol. The lowest BCUT2D eigenvalue weighted by molar-refractivity contribution is -0.142. The number of carboxylic acid groups (broad SMARTS) is 1. The Bertz CT molecular complexity index is 222. The maximum absolute atomic E-state index is 10.7. The molecule has 0 aromatic rings. The number of hydrogen-bond donors (Lipinski definition) is 2. The lowest BCUT2D eigenvalue weighted by Crippen LogP contribution is -2.50. The molecule has 1 unspecified atom stereocenters. The second-order valence-corrected chi connectivity index (χ2v) is 4.02. The van der Waals surface area contributed by atoms with Gasteiger partial charge in [0.2, 0.25) is 5.91 Å². The maximum Gasteiger partial charge on any atom is 0.321 e. The fraction of sp³-hybridized carbons (Fsp3) is 0.714. The highest BCUT2D eigenvalue weighted by Crippen LogP contribution is 2.15. The van der Waals surface area contributed by atoms with Crippen LogP contribution < -0.4 is 5.73 Å². The highest BCUT2D eigenvalue weighted by molar-refractivity contribution is 7.99. The molecule has 1 saturated heterocycles. The normalized spacial score (nSPS) is 24.2. The molecule has 1 aliphatic heterocycles. The molecule has 0 aromatic heterocycles. The Morgan fingerprint density at radius 3 is 2.85 bits per heavy atom. The van der Waals surface area contributed by atoms with Crippen LogP contribution in [0.4, 0.5) is 0 Å². The zero-order valence-electron chi connectivity index (χ0n) is 7.10. The first kappa shape index (κ1) is 10.3. The van der Waals surface area contributed by atoms with Crippen molar-refractivity contribution in [1.29, 1.82) is 0 Å². The summed E-state index contributed by atoms with van der Waals surface area (Å²) < 4.78 is 0. The second kappa shape index (κ2) is 4.48. The molecule has 13 heavy (non-hydrogen) atoms. The number of amides is 1. The zero-order valence-corrected chi connectivity index (χ0v) is 7.92. The van der Waals surface area contributed by atoms with Crippen LogP contribution in [-0.4, -0.2) is 52.5 Å². The van der Waals surface area contributed by atoms with Crippen LogP contribution >= 0.6 is 11.8 Å². The summed E-state index contributed by atoms with van der Waals surface area (Å²) in [6, 6.07) is -0.564. The van der Waals surface area contributed by atoms with Crippen molar-refractivity contribution >= 4 is 23.6 Å². The van der Waals surface area contributed by atoms with Gasteiger partial charge in [0.15, 0.2) is 0 Å². The molecule has 1 aliphatic rings. The number of primary amides is 1. The van der Waals surface area contributed by atoms with Crippen molar-refractivity contribution in [2.24, 2.45) is 5.73 Å². The highest BCUT2D eigenvalue weighted by atomic mass is 32.2. The Morgan fingerprint density at radius 2 is 2.31 bits per heavy atom. The van der Waals surface area contributed by atoms with Gasteiger partial charge in [-0.15, -0.1) is 0 Å². The molecule has 0 bridgehead atoms. The zero-order chi connectivity index (χ0) is 9.84. The summed E-state index contributed by atoms with van der Waals surface area (Å²) in [6.07, 6.45) is 0. The topological polar surface area (TPSA) is 83.6 Å². The molecule has 1 fully saturated rings. The standard InChI is InChI=1S/C7H12N2O3S/c8-6(10)3-9-1-2-13-4-5(9)7(11)12/h5H,1-4H2,(H2,8,10)(H,11,12). The van der Waals surface area contributed by atoms with E-state index in [1.165, 1.54) is 0 Å². The largest absolute Gasteiger partial charge is 0.480 e. The number of nitrogens with zero attached hydrogens (tertiary/aromatic N) is 1. The van der Waals surface area contributed by atoms with Gasteiger partial charge in [-0.25, -0.2) is 0 Å². The van der Waals surface area contributed by atoms with Gasteiger partial charge in [-0.1, -0.05) is 0 Å². The number of rotatable bonds is 3. The van der Waals surface area contributed by atoms with E-state index < -0.39 is 17.9 Å². The fourth-order valence-corrected chi connectivity index (χ4v) is 2.36. The average Bonchev–Trinajstić information content (AvgIpc) is 2.03. The SMILES string of the molecule is NC(=O)CN1CCSCC1C(=O)O.